The zero-order valence-corrected chi connectivity index (χ0v) is 13.6. The van der Waals surface area contributed by atoms with Crippen molar-refractivity contribution < 1.29 is 9.53 Å². The summed E-state index contributed by atoms with van der Waals surface area (Å²) in [5.41, 5.74) is -0.201. The summed E-state index contributed by atoms with van der Waals surface area (Å²) in [6, 6.07) is 0.299. The molecule has 1 fully saturated rings. The van der Waals surface area contributed by atoms with Gasteiger partial charge < -0.3 is 9.64 Å². The molecule has 0 atom stereocenters. The predicted molar refractivity (Wildman–Crippen MR) is 78.3 cm³/mol. The molecule has 1 amide bonds. The molecule has 0 radical (unpaired) electrons. The lowest BCUT2D eigenvalue weighted by atomic mass is 9.97. The van der Waals surface area contributed by atoms with E-state index >= 15 is 0 Å². The minimum atomic E-state index is -0.419. The molecule has 0 aromatic heterocycles. The monoisotopic (exact) mass is 270 g/mol. The number of likely N-dealkylation sites (tertiary alicyclic amines) is 1. The van der Waals surface area contributed by atoms with Crippen LogP contribution in [0, 0.1) is 0 Å². The summed E-state index contributed by atoms with van der Waals surface area (Å²) in [6.45, 7) is 14.5. The molecule has 112 valence electrons. The van der Waals surface area contributed by atoms with E-state index in [1.165, 1.54) is 0 Å². The second kappa shape index (κ2) is 5.70. The van der Waals surface area contributed by atoms with Crippen molar-refractivity contribution in [3.63, 3.8) is 0 Å². The average molecular weight is 270 g/mol. The van der Waals surface area contributed by atoms with Crippen LogP contribution < -0.4 is 0 Å². The van der Waals surface area contributed by atoms with E-state index < -0.39 is 5.60 Å². The summed E-state index contributed by atoms with van der Waals surface area (Å²) < 4.78 is 5.42. The minimum absolute atomic E-state index is 0.207. The third-order valence-corrected chi connectivity index (χ3v) is 3.64. The number of amides is 1. The van der Waals surface area contributed by atoms with Crippen LogP contribution in [0.1, 0.15) is 54.4 Å². The van der Waals surface area contributed by atoms with Crippen LogP contribution in [0.3, 0.4) is 0 Å². The van der Waals surface area contributed by atoms with Crippen molar-refractivity contribution in [3.05, 3.63) is 0 Å². The standard InChI is InChI=1S/C15H30N2O2/c1-14(2,3)17-10-8-12(9-11-17)16(7)13(18)19-15(4,5)6/h12H,8-11H2,1-7H3. The van der Waals surface area contributed by atoms with Gasteiger partial charge in [0.15, 0.2) is 0 Å². The zero-order chi connectivity index (χ0) is 14.8. The molecule has 19 heavy (non-hydrogen) atoms. The van der Waals surface area contributed by atoms with Gasteiger partial charge in [0.1, 0.15) is 5.60 Å². The van der Waals surface area contributed by atoms with Crippen LogP contribution in [0.15, 0.2) is 0 Å². The Bertz CT molecular complexity index is 307. The number of hydrogen-bond acceptors (Lipinski definition) is 3. The van der Waals surface area contributed by atoms with Crippen LogP contribution in [-0.4, -0.2) is 53.2 Å². The molecule has 4 nitrogen and oxygen atoms in total. The highest BCUT2D eigenvalue weighted by molar-refractivity contribution is 5.68. The van der Waals surface area contributed by atoms with E-state index in [0.29, 0.717) is 6.04 Å². The molecule has 0 unspecified atom stereocenters. The van der Waals surface area contributed by atoms with E-state index in [2.05, 4.69) is 25.7 Å². The lowest BCUT2D eigenvalue weighted by Gasteiger charge is -2.43. The first-order chi connectivity index (χ1) is 8.50. The van der Waals surface area contributed by atoms with Gasteiger partial charge in [-0.2, -0.15) is 0 Å². The number of ether oxygens (including phenoxy) is 1. The fraction of sp³-hybridized carbons (Fsp3) is 0.933. The van der Waals surface area contributed by atoms with Crippen LogP contribution in [0.5, 0.6) is 0 Å². The smallest absolute Gasteiger partial charge is 0.410 e. The zero-order valence-electron chi connectivity index (χ0n) is 13.6. The Morgan fingerprint density at radius 2 is 1.58 bits per heavy atom. The van der Waals surface area contributed by atoms with Gasteiger partial charge in [0.25, 0.3) is 0 Å². The van der Waals surface area contributed by atoms with Gasteiger partial charge in [-0.25, -0.2) is 4.79 Å². The summed E-state index contributed by atoms with van der Waals surface area (Å²) >= 11 is 0. The Morgan fingerprint density at radius 1 is 1.11 bits per heavy atom. The third kappa shape index (κ3) is 5.01. The summed E-state index contributed by atoms with van der Waals surface area (Å²) in [7, 11) is 1.85. The van der Waals surface area contributed by atoms with Crippen molar-refractivity contribution in [2.45, 2.75) is 71.6 Å². The molecule has 0 N–H and O–H groups in total. The second-order valence-corrected chi connectivity index (χ2v) is 7.48. The van der Waals surface area contributed by atoms with E-state index in [1.807, 2.05) is 27.8 Å². The van der Waals surface area contributed by atoms with E-state index in [-0.39, 0.29) is 11.6 Å². The topological polar surface area (TPSA) is 32.8 Å². The average Bonchev–Trinajstić information content (AvgIpc) is 2.24. The van der Waals surface area contributed by atoms with Crippen molar-refractivity contribution in [1.29, 1.82) is 0 Å². The number of carbonyl (C=O) groups is 1. The highest BCUT2D eigenvalue weighted by Gasteiger charge is 2.31. The lowest BCUT2D eigenvalue weighted by molar-refractivity contribution is 0.00943. The molecule has 0 spiro atoms. The molecule has 0 aliphatic carbocycles. The van der Waals surface area contributed by atoms with Crippen molar-refractivity contribution in [2.24, 2.45) is 0 Å². The van der Waals surface area contributed by atoms with E-state index in [1.54, 1.807) is 4.90 Å². The Hall–Kier alpha value is -0.770. The number of carbonyl (C=O) groups excluding carboxylic acids is 1. The summed E-state index contributed by atoms with van der Waals surface area (Å²) in [5, 5.41) is 0. The highest BCUT2D eigenvalue weighted by atomic mass is 16.6. The lowest BCUT2D eigenvalue weighted by Crippen LogP contribution is -2.51. The van der Waals surface area contributed by atoms with Crippen LogP contribution in [0.2, 0.25) is 0 Å². The van der Waals surface area contributed by atoms with Crippen molar-refractivity contribution >= 4 is 6.09 Å². The van der Waals surface area contributed by atoms with Crippen molar-refractivity contribution in [1.82, 2.24) is 9.80 Å². The summed E-state index contributed by atoms with van der Waals surface area (Å²) in [4.78, 5) is 16.3. The first-order valence-electron chi connectivity index (χ1n) is 7.21. The molecule has 0 saturated carbocycles. The van der Waals surface area contributed by atoms with Crippen molar-refractivity contribution in [3.8, 4) is 0 Å². The molecule has 0 aromatic rings. The second-order valence-electron chi connectivity index (χ2n) is 7.48. The maximum atomic E-state index is 12.0. The van der Waals surface area contributed by atoms with Gasteiger partial charge in [0, 0.05) is 31.7 Å². The Kier molecular flexibility index (Phi) is 4.88. The highest BCUT2D eigenvalue weighted by Crippen LogP contribution is 2.23. The number of piperidine rings is 1. The maximum absolute atomic E-state index is 12.0. The largest absolute Gasteiger partial charge is 0.444 e. The molecule has 1 saturated heterocycles. The Labute approximate surface area is 118 Å². The van der Waals surface area contributed by atoms with Gasteiger partial charge in [0.05, 0.1) is 0 Å². The SMILES string of the molecule is CN(C(=O)OC(C)(C)C)C1CCN(C(C)(C)C)CC1. The van der Waals surface area contributed by atoms with Gasteiger partial charge in [-0.3, -0.25) is 4.90 Å². The van der Waals surface area contributed by atoms with Crippen LogP contribution >= 0.6 is 0 Å². The van der Waals surface area contributed by atoms with Crippen molar-refractivity contribution in [2.75, 3.05) is 20.1 Å². The molecule has 0 aromatic carbocycles. The first-order valence-corrected chi connectivity index (χ1v) is 7.21. The van der Waals surface area contributed by atoms with Gasteiger partial charge in [0.2, 0.25) is 0 Å². The molecular weight excluding hydrogens is 240 g/mol. The number of hydrogen-bond donors (Lipinski definition) is 0. The van der Waals surface area contributed by atoms with Gasteiger partial charge >= 0.3 is 6.09 Å². The van der Waals surface area contributed by atoms with Crippen LogP contribution in [-0.2, 0) is 4.74 Å². The van der Waals surface area contributed by atoms with Gasteiger partial charge in [-0.1, -0.05) is 0 Å². The molecule has 1 aliphatic rings. The Morgan fingerprint density at radius 3 is 1.95 bits per heavy atom. The molecule has 1 rings (SSSR count). The molecule has 1 heterocycles. The molecule has 0 bridgehead atoms. The fourth-order valence-electron chi connectivity index (χ4n) is 2.41. The van der Waals surface area contributed by atoms with Crippen LogP contribution in [0.25, 0.3) is 0 Å². The maximum Gasteiger partial charge on any atom is 0.410 e. The van der Waals surface area contributed by atoms with E-state index in [4.69, 9.17) is 4.74 Å². The van der Waals surface area contributed by atoms with Gasteiger partial charge in [-0.05, 0) is 54.4 Å². The van der Waals surface area contributed by atoms with Crippen LogP contribution in [0.4, 0.5) is 4.79 Å². The Balaban J connectivity index is 2.49. The molecule has 4 heteroatoms. The minimum Gasteiger partial charge on any atom is -0.444 e. The summed E-state index contributed by atoms with van der Waals surface area (Å²) in [5.74, 6) is 0. The number of nitrogens with zero attached hydrogens (tertiary/aromatic N) is 2. The fourth-order valence-corrected chi connectivity index (χ4v) is 2.41. The molecular formula is C15H30N2O2. The summed E-state index contributed by atoms with van der Waals surface area (Å²) in [6.07, 6.45) is 1.83. The predicted octanol–water partition coefficient (Wildman–Crippen LogP) is 3.12. The third-order valence-electron chi connectivity index (χ3n) is 3.64. The van der Waals surface area contributed by atoms with Gasteiger partial charge in [-0.15, -0.1) is 0 Å². The normalized spacial score (nSPS) is 19.3. The quantitative estimate of drug-likeness (QED) is 0.734. The molecule has 1 aliphatic heterocycles. The van der Waals surface area contributed by atoms with E-state index in [0.717, 1.165) is 25.9 Å². The number of rotatable bonds is 1. The first kappa shape index (κ1) is 16.3. The van der Waals surface area contributed by atoms with E-state index in [9.17, 15) is 4.79 Å².